The zero-order valence-electron chi connectivity index (χ0n) is 17.9. The molecule has 1 aliphatic heterocycles. The molecular weight excluding hydrogens is 423 g/mol. The van der Waals surface area contributed by atoms with E-state index in [9.17, 15) is 14.0 Å². The summed E-state index contributed by atoms with van der Waals surface area (Å²) < 4.78 is 14.6. The van der Waals surface area contributed by atoms with Crippen LogP contribution in [0.2, 0.25) is 0 Å². The van der Waals surface area contributed by atoms with Gasteiger partial charge < -0.3 is 10.2 Å². The van der Waals surface area contributed by atoms with Crippen LogP contribution in [0.5, 0.6) is 0 Å². The Hall–Kier alpha value is -2.99. The number of thiophene rings is 1. The minimum Gasteiger partial charge on any atom is -0.351 e. The maximum atomic E-state index is 14.6. The van der Waals surface area contributed by atoms with Gasteiger partial charge >= 0.3 is 0 Å². The average Bonchev–Trinajstić information content (AvgIpc) is 3.48. The second kappa shape index (κ2) is 8.17. The molecule has 4 nitrogen and oxygen atoms in total. The molecule has 5 rings (SSSR count). The van der Waals surface area contributed by atoms with Crippen molar-refractivity contribution in [3.8, 4) is 11.1 Å². The summed E-state index contributed by atoms with van der Waals surface area (Å²) in [5.41, 5.74) is 1.57. The van der Waals surface area contributed by atoms with Gasteiger partial charge in [-0.3, -0.25) is 9.59 Å². The summed E-state index contributed by atoms with van der Waals surface area (Å²) in [6, 6.07) is 16.1. The molecule has 2 heterocycles. The molecule has 1 fully saturated rings. The van der Waals surface area contributed by atoms with Crippen molar-refractivity contribution in [1.29, 1.82) is 0 Å². The summed E-state index contributed by atoms with van der Waals surface area (Å²) in [7, 11) is 0. The lowest BCUT2D eigenvalue weighted by Gasteiger charge is -2.40. The number of fused-ring (bicyclic) bond motifs is 3. The molecule has 2 aliphatic rings. The SMILES string of the molecule is CC1(C(=O)NC2CCCC2)c2cc(F)ccc2-c2ccsc2C(=O)N1Cc1ccccc1. The number of carbonyl (C=O) groups excluding carboxylic acids is 2. The molecule has 0 saturated heterocycles. The quantitative estimate of drug-likeness (QED) is 0.574. The summed E-state index contributed by atoms with van der Waals surface area (Å²) in [4.78, 5) is 30.0. The zero-order valence-corrected chi connectivity index (χ0v) is 18.8. The third kappa shape index (κ3) is 3.43. The van der Waals surface area contributed by atoms with Crippen LogP contribution in [0.1, 0.15) is 53.4 Å². The fraction of sp³-hybridized carbons (Fsp3) is 0.308. The molecule has 0 spiro atoms. The first kappa shape index (κ1) is 20.9. The van der Waals surface area contributed by atoms with E-state index in [-0.39, 0.29) is 24.4 Å². The topological polar surface area (TPSA) is 49.4 Å². The minimum absolute atomic E-state index is 0.0855. The predicted octanol–water partition coefficient (Wildman–Crippen LogP) is 5.48. The maximum Gasteiger partial charge on any atom is 0.266 e. The average molecular weight is 449 g/mol. The highest BCUT2D eigenvalue weighted by atomic mass is 32.1. The molecule has 1 N–H and O–H groups in total. The Morgan fingerprint density at radius 1 is 1.12 bits per heavy atom. The van der Waals surface area contributed by atoms with Crippen LogP contribution in [0.3, 0.4) is 0 Å². The van der Waals surface area contributed by atoms with Gasteiger partial charge in [0, 0.05) is 18.2 Å². The number of benzene rings is 2. The normalized spacial score (nSPS) is 20.6. The van der Waals surface area contributed by atoms with Gasteiger partial charge in [-0.2, -0.15) is 0 Å². The lowest BCUT2D eigenvalue weighted by Crippen LogP contribution is -2.57. The van der Waals surface area contributed by atoms with Crippen LogP contribution in [0.4, 0.5) is 4.39 Å². The number of hydrogen-bond donors (Lipinski definition) is 1. The molecule has 1 aromatic heterocycles. The van der Waals surface area contributed by atoms with E-state index in [4.69, 9.17) is 0 Å². The zero-order chi connectivity index (χ0) is 22.3. The molecule has 3 aromatic rings. The standard InChI is InChI=1S/C26H25FN2O2S/c1-26(25(31)28-19-9-5-6-10-19)22-15-18(27)11-12-20(22)21-13-14-32-23(21)24(30)29(26)16-17-7-3-2-4-8-17/h2-4,7-8,11-15,19H,5-6,9-10,16H2,1H3,(H,28,31). The highest BCUT2D eigenvalue weighted by Crippen LogP contribution is 2.45. The van der Waals surface area contributed by atoms with Gasteiger partial charge in [0.05, 0.1) is 4.88 Å². The second-order valence-electron chi connectivity index (χ2n) is 8.76. The van der Waals surface area contributed by atoms with Gasteiger partial charge in [0.2, 0.25) is 0 Å². The highest BCUT2D eigenvalue weighted by molar-refractivity contribution is 7.12. The van der Waals surface area contributed by atoms with Crippen LogP contribution in [-0.2, 0) is 16.9 Å². The van der Waals surface area contributed by atoms with Crippen LogP contribution < -0.4 is 5.32 Å². The smallest absolute Gasteiger partial charge is 0.266 e. The van der Waals surface area contributed by atoms with Crippen molar-refractivity contribution in [2.75, 3.05) is 0 Å². The third-order valence-corrected chi connectivity index (χ3v) is 7.66. The van der Waals surface area contributed by atoms with Gasteiger partial charge in [-0.25, -0.2) is 4.39 Å². The van der Waals surface area contributed by atoms with Crippen molar-refractivity contribution in [2.24, 2.45) is 0 Å². The van der Waals surface area contributed by atoms with Crippen LogP contribution in [0.15, 0.2) is 60.0 Å². The number of nitrogens with zero attached hydrogens (tertiary/aromatic N) is 1. The summed E-state index contributed by atoms with van der Waals surface area (Å²) >= 11 is 1.36. The molecular formula is C26H25FN2O2S. The molecule has 2 amide bonds. The molecule has 2 aromatic carbocycles. The van der Waals surface area contributed by atoms with E-state index in [2.05, 4.69) is 5.32 Å². The first-order valence-electron chi connectivity index (χ1n) is 11.0. The van der Waals surface area contributed by atoms with Crippen molar-refractivity contribution >= 4 is 23.2 Å². The van der Waals surface area contributed by atoms with E-state index in [1.54, 1.807) is 17.9 Å². The fourth-order valence-corrected chi connectivity index (χ4v) is 5.81. The van der Waals surface area contributed by atoms with Crippen LogP contribution in [0, 0.1) is 5.82 Å². The number of nitrogens with one attached hydrogen (secondary N) is 1. The van der Waals surface area contributed by atoms with Crippen molar-refractivity contribution < 1.29 is 14.0 Å². The van der Waals surface area contributed by atoms with Crippen LogP contribution in [0.25, 0.3) is 11.1 Å². The van der Waals surface area contributed by atoms with E-state index in [0.29, 0.717) is 10.4 Å². The van der Waals surface area contributed by atoms with Crippen LogP contribution in [-0.4, -0.2) is 22.8 Å². The fourth-order valence-electron chi connectivity index (χ4n) is 4.95. The molecule has 1 atom stereocenters. The number of amides is 2. The van der Waals surface area contributed by atoms with E-state index in [0.717, 1.165) is 42.4 Å². The number of carbonyl (C=O) groups is 2. The Bertz CT molecular complexity index is 1170. The Kier molecular flexibility index (Phi) is 5.33. The van der Waals surface area contributed by atoms with Gasteiger partial charge in [0.15, 0.2) is 0 Å². The minimum atomic E-state index is -1.36. The number of hydrogen-bond acceptors (Lipinski definition) is 3. The number of halogens is 1. The Morgan fingerprint density at radius 3 is 2.62 bits per heavy atom. The van der Waals surface area contributed by atoms with E-state index in [1.165, 1.54) is 23.5 Å². The molecule has 1 saturated carbocycles. The summed E-state index contributed by atoms with van der Waals surface area (Å²) in [5.74, 6) is -0.885. The van der Waals surface area contributed by atoms with Crippen LogP contribution >= 0.6 is 11.3 Å². The lowest BCUT2D eigenvalue weighted by atomic mass is 9.84. The first-order chi connectivity index (χ1) is 15.5. The van der Waals surface area contributed by atoms with Gasteiger partial charge in [-0.05, 0) is 60.0 Å². The molecule has 1 unspecified atom stereocenters. The Morgan fingerprint density at radius 2 is 1.88 bits per heavy atom. The van der Waals surface area contributed by atoms with Gasteiger partial charge in [-0.15, -0.1) is 11.3 Å². The third-order valence-electron chi connectivity index (χ3n) is 6.76. The summed E-state index contributed by atoms with van der Waals surface area (Å²) in [6.45, 7) is 2.01. The maximum absolute atomic E-state index is 14.6. The van der Waals surface area contributed by atoms with E-state index >= 15 is 0 Å². The summed E-state index contributed by atoms with van der Waals surface area (Å²) in [6.07, 6.45) is 4.02. The van der Waals surface area contributed by atoms with E-state index in [1.807, 2.05) is 41.8 Å². The van der Waals surface area contributed by atoms with Gasteiger partial charge in [0.1, 0.15) is 11.4 Å². The summed E-state index contributed by atoms with van der Waals surface area (Å²) in [5, 5.41) is 5.05. The second-order valence-corrected chi connectivity index (χ2v) is 9.67. The van der Waals surface area contributed by atoms with Gasteiger partial charge in [-0.1, -0.05) is 49.2 Å². The van der Waals surface area contributed by atoms with Crippen molar-refractivity contribution in [3.63, 3.8) is 0 Å². The first-order valence-corrected chi connectivity index (χ1v) is 11.9. The molecule has 164 valence electrons. The monoisotopic (exact) mass is 448 g/mol. The van der Waals surface area contributed by atoms with Crippen molar-refractivity contribution in [3.05, 3.63) is 81.8 Å². The lowest BCUT2D eigenvalue weighted by molar-refractivity contribution is -0.133. The molecule has 32 heavy (non-hydrogen) atoms. The van der Waals surface area contributed by atoms with E-state index < -0.39 is 11.4 Å². The number of rotatable bonds is 4. The van der Waals surface area contributed by atoms with Crippen molar-refractivity contribution in [1.82, 2.24) is 10.2 Å². The Balaban J connectivity index is 1.70. The Labute approximate surface area is 191 Å². The van der Waals surface area contributed by atoms with Gasteiger partial charge in [0.25, 0.3) is 11.8 Å². The molecule has 0 radical (unpaired) electrons. The largest absolute Gasteiger partial charge is 0.351 e. The highest BCUT2D eigenvalue weighted by Gasteiger charge is 2.49. The molecule has 0 bridgehead atoms. The van der Waals surface area contributed by atoms with Crippen molar-refractivity contribution in [2.45, 2.75) is 50.7 Å². The predicted molar refractivity (Wildman–Crippen MR) is 124 cm³/mol. The molecule has 1 aliphatic carbocycles. The molecule has 6 heteroatoms.